The van der Waals surface area contributed by atoms with E-state index >= 15 is 0 Å². The molecule has 3 unspecified atom stereocenters. The highest BCUT2D eigenvalue weighted by atomic mass is 16.4. The lowest BCUT2D eigenvalue weighted by molar-refractivity contribution is -0.143. The lowest BCUT2D eigenvalue weighted by Gasteiger charge is -2.21. The highest BCUT2D eigenvalue weighted by molar-refractivity contribution is 5.92. The van der Waals surface area contributed by atoms with Gasteiger partial charge in [0.1, 0.15) is 12.1 Å². The average molecular weight is 470 g/mol. The number of nitrogens with zero attached hydrogens (tertiary/aromatic N) is 1. The quantitative estimate of drug-likeness (QED) is 0.130. The first-order valence-corrected chi connectivity index (χ1v) is 9.76. The largest absolute Gasteiger partial charge is 0.481 e. The Bertz CT molecular complexity index is 858. The summed E-state index contributed by atoms with van der Waals surface area (Å²) in [5, 5.41) is 33.5. The van der Waals surface area contributed by atoms with Crippen molar-refractivity contribution in [2.75, 3.05) is 6.54 Å². The fourth-order valence-electron chi connectivity index (χ4n) is 2.58. The van der Waals surface area contributed by atoms with E-state index in [4.69, 9.17) is 15.9 Å². The summed E-state index contributed by atoms with van der Waals surface area (Å²) in [6, 6.07) is -3.94. The van der Waals surface area contributed by atoms with Crippen LogP contribution in [0, 0.1) is 0 Å². The molecule has 1 heterocycles. The van der Waals surface area contributed by atoms with E-state index in [9.17, 15) is 33.9 Å². The van der Waals surface area contributed by atoms with E-state index < -0.39 is 66.7 Å². The van der Waals surface area contributed by atoms with E-state index in [2.05, 4.69) is 25.9 Å². The van der Waals surface area contributed by atoms with Gasteiger partial charge in [0, 0.05) is 31.2 Å². The standard InChI is InChI=1S/C18H26N6O9/c19-10(1-3-14(26)27)16(30)21-7-13(25)23-11(2-4-15(28)29)17(31)24-12(18(32)33)5-9-6-20-8-22-9/h6,8,10-12H,1-5,7,19H2,(H,20,22)(H,21,30)(H,23,25)(H,24,31)(H,26,27)(H,28,29)(H,32,33). The minimum Gasteiger partial charge on any atom is -0.481 e. The number of aliphatic carboxylic acids is 3. The number of carbonyl (C=O) groups excluding carboxylic acids is 3. The van der Waals surface area contributed by atoms with Crippen LogP contribution in [-0.2, 0) is 35.2 Å². The summed E-state index contributed by atoms with van der Waals surface area (Å²) in [5.74, 6) is -6.32. The molecule has 3 atom stereocenters. The van der Waals surface area contributed by atoms with Gasteiger partial charge in [-0.15, -0.1) is 0 Å². The van der Waals surface area contributed by atoms with Gasteiger partial charge in [0.05, 0.1) is 18.9 Å². The van der Waals surface area contributed by atoms with Gasteiger partial charge in [0.25, 0.3) is 0 Å². The monoisotopic (exact) mass is 470 g/mol. The minimum absolute atomic E-state index is 0.134. The van der Waals surface area contributed by atoms with Gasteiger partial charge in [-0.25, -0.2) is 9.78 Å². The number of rotatable bonds is 15. The van der Waals surface area contributed by atoms with Gasteiger partial charge in [0.2, 0.25) is 17.7 Å². The van der Waals surface area contributed by atoms with E-state index in [1.54, 1.807) is 0 Å². The molecule has 0 aliphatic rings. The van der Waals surface area contributed by atoms with Crippen LogP contribution in [0.4, 0.5) is 0 Å². The van der Waals surface area contributed by atoms with E-state index in [0.717, 1.165) is 0 Å². The lowest BCUT2D eigenvalue weighted by Crippen LogP contribution is -2.54. The topological polar surface area (TPSA) is 254 Å². The molecule has 0 saturated heterocycles. The number of nitrogens with two attached hydrogens (primary N) is 1. The van der Waals surface area contributed by atoms with Crippen molar-refractivity contribution in [1.29, 1.82) is 0 Å². The van der Waals surface area contributed by atoms with Crippen molar-refractivity contribution < 1.29 is 44.1 Å². The Kier molecular flexibility index (Phi) is 11.0. The van der Waals surface area contributed by atoms with E-state index in [1.807, 2.05) is 0 Å². The van der Waals surface area contributed by atoms with Crippen LogP contribution in [0.25, 0.3) is 0 Å². The molecule has 0 spiro atoms. The Balaban J connectivity index is 2.70. The van der Waals surface area contributed by atoms with Crippen LogP contribution in [0.15, 0.2) is 12.5 Å². The predicted octanol–water partition coefficient (Wildman–Crippen LogP) is -2.82. The Morgan fingerprint density at radius 3 is 2.12 bits per heavy atom. The molecule has 9 N–H and O–H groups in total. The summed E-state index contributed by atoms with van der Waals surface area (Å²) >= 11 is 0. The fourth-order valence-corrected chi connectivity index (χ4v) is 2.58. The lowest BCUT2D eigenvalue weighted by atomic mass is 10.1. The second kappa shape index (κ2) is 13.4. The second-order valence-electron chi connectivity index (χ2n) is 6.99. The second-order valence-corrected chi connectivity index (χ2v) is 6.99. The highest BCUT2D eigenvalue weighted by Gasteiger charge is 2.28. The van der Waals surface area contributed by atoms with Gasteiger partial charge < -0.3 is 42.0 Å². The number of amides is 3. The highest BCUT2D eigenvalue weighted by Crippen LogP contribution is 2.03. The molecule has 1 aromatic heterocycles. The molecule has 182 valence electrons. The smallest absolute Gasteiger partial charge is 0.326 e. The van der Waals surface area contributed by atoms with Crippen molar-refractivity contribution in [2.45, 2.75) is 50.2 Å². The number of hydrogen-bond acceptors (Lipinski definition) is 8. The van der Waals surface area contributed by atoms with Gasteiger partial charge in [-0.1, -0.05) is 0 Å². The third-order valence-corrected chi connectivity index (χ3v) is 4.32. The molecule has 0 saturated carbocycles. The summed E-state index contributed by atoms with van der Waals surface area (Å²) in [6.07, 6.45) is 1.23. The molecule has 1 rings (SSSR count). The molecule has 0 aliphatic heterocycles. The van der Waals surface area contributed by atoms with Crippen molar-refractivity contribution in [3.8, 4) is 0 Å². The first-order valence-electron chi connectivity index (χ1n) is 9.76. The molecular formula is C18H26N6O9. The van der Waals surface area contributed by atoms with Crippen LogP contribution < -0.4 is 21.7 Å². The van der Waals surface area contributed by atoms with Crippen molar-refractivity contribution in [3.05, 3.63) is 18.2 Å². The maximum atomic E-state index is 12.6. The maximum Gasteiger partial charge on any atom is 0.326 e. The zero-order valence-corrected chi connectivity index (χ0v) is 17.4. The van der Waals surface area contributed by atoms with E-state index in [-0.39, 0.29) is 25.7 Å². The van der Waals surface area contributed by atoms with Crippen LogP contribution in [0.1, 0.15) is 31.4 Å². The number of carbonyl (C=O) groups is 6. The zero-order chi connectivity index (χ0) is 25.0. The van der Waals surface area contributed by atoms with Gasteiger partial charge >= 0.3 is 17.9 Å². The number of imidazole rings is 1. The predicted molar refractivity (Wildman–Crippen MR) is 109 cm³/mol. The van der Waals surface area contributed by atoms with E-state index in [1.165, 1.54) is 12.5 Å². The van der Waals surface area contributed by atoms with Gasteiger partial charge in [-0.3, -0.25) is 24.0 Å². The van der Waals surface area contributed by atoms with Crippen LogP contribution in [0.2, 0.25) is 0 Å². The van der Waals surface area contributed by atoms with E-state index in [0.29, 0.717) is 5.69 Å². The first kappa shape index (κ1) is 27.0. The summed E-state index contributed by atoms with van der Waals surface area (Å²) < 4.78 is 0. The Morgan fingerprint density at radius 2 is 1.58 bits per heavy atom. The molecular weight excluding hydrogens is 444 g/mol. The van der Waals surface area contributed by atoms with Gasteiger partial charge in [0.15, 0.2) is 0 Å². The molecule has 0 fully saturated rings. The number of aromatic amines is 1. The Labute approximate surface area is 187 Å². The van der Waals surface area contributed by atoms with Crippen molar-refractivity contribution >= 4 is 35.6 Å². The van der Waals surface area contributed by atoms with Crippen molar-refractivity contribution in [1.82, 2.24) is 25.9 Å². The normalized spacial score (nSPS) is 13.2. The summed E-state index contributed by atoms with van der Waals surface area (Å²) in [7, 11) is 0. The van der Waals surface area contributed by atoms with Crippen LogP contribution >= 0.6 is 0 Å². The number of aromatic nitrogens is 2. The SMILES string of the molecule is NC(CCC(=O)O)C(=O)NCC(=O)NC(CCC(=O)O)C(=O)NC(Cc1cnc[nH]1)C(=O)O. The summed E-state index contributed by atoms with van der Waals surface area (Å²) in [6.45, 7) is -0.618. The molecule has 33 heavy (non-hydrogen) atoms. The maximum absolute atomic E-state index is 12.6. The molecule has 15 heteroatoms. The Hall–Kier alpha value is -4.01. The van der Waals surface area contributed by atoms with Gasteiger partial charge in [-0.2, -0.15) is 0 Å². The van der Waals surface area contributed by atoms with Gasteiger partial charge in [-0.05, 0) is 12.8 Å². The number of H-pyrrole nitrogens is 1. The van der Waals surface area contributed by atoms with Crippen LogP contribution in [0.3, 0.4) is 0 Å². The third kappa shape index (κ3) is 10.7. The fraction of sp³-hybridized carbons (Fsp3) is 0.500. The average Bonchev–Trinajstić information content (AvgIpc) is 3.25. The molecule has 15 nitrogen and oxygen atoms in total. The first-order chi connectivity index (χ1) is 15.5. The minimum atomic E-state index is -1.39. The molecule has 1 aromatic rings. The molecule has 3 amide bonds. The summed E-state index contributed by atoms with van der Waals surface area (Å²) in [5.41, 5.74) is 5.95. The molecule has 0 radical (unpaired) electrons. The Morgan fingerprint density at radius 1 is 0.939 bits per heavy atom. The third-order valence-electron chi connectivity index (χ3n) is 4.32. The molecule has 0 bridgehead atoms. The molecule has 0 aromatic carbocycles. The van der Waals surface area contributed by atoms with Crippen LogP contribution in [0.5, 0.6) is 0 Å². The van der Waals surface area contributed by atoms with Crippen molar-refractivity contribution in [3.63, 3.8) is 0 Å². The zero-order valence-electron chi connectivity index (χ0n) is 17.4. The number of carboxylic acids is 3. The molecule has 0 aliphatic carbocycles. The van der Waals surface area contributed by atoms with Crippen LogP contribution in [-0.4, -0.2) is 85.6 Å². The number of carboxylic acid groups (broad SMARTS) is 3. The number of hydrogen-bond donors (Lipinski definition) is 8. The number of nitrogens with one attached hydrogen (secondary N) is 4. The summed E-state index contributed by atoms with van der Waals surface area (Å²) in [4.78, 5) is 75.9. The van der Waals surface area contributed by atoms with Crippen molar-refractivity contribution in [2.24, 2.45) is 5.73 Å².